The minimum atomic E-state index is -0.306. The molecule has 9 nitrogen and oxygen atoms in total. The van der Waals surface area contributed by atoms with E-state index in [1.807, 2.05) is 42.6 Å². The van der Waals surface area contributed by atoms with Crippen LogP contribution in [0.1, 0.15) is 29.8 Å². The molecule has 0 spiro atoms. The number of benzene rings is 1. The van der Waals surface area contributed by atoms with E-state index >= 15 is 0 Å². The van der Waals surface area contributed by atoms with Gasteiger partial charge in [-0.3, -0.25) is 4.79 Å². The van der Waals surface area contributed by atoms with E-state index in [4.69, 9.17) is 14.2 Å². The van der Waals surface area contributed by atoms with Crippen molar-refractivity contribution in [2.45, 2.75) is 19.4 Å². The summed E-state index contributed by atoms with van der Waals surface area (Å²) in [6.45, 7) is 3.03. The maximum atomic E-state index is 13.4. The van der Waals surface area contributed by atoms with Crippen LogP contribution in [-0.2, 0) is 9.53 Å². The summed E-state index contributed by atoms with van der Waals surface area (Å²) in [7, 11) is 1.56. The van der Waals surface area contributed by atoms with Crippen LogP contribution in [0, 0.1) is 0 Å². The molecule has 4 rings (SSSR count). The predicted octanol–water partition coefficient (Wildman–Crippen LogP) is 2.83. The summed E-state index contributed by atoms with van der Waals surface area (Å²) in [6, 6.07) is 9.03. The summed E-state index contributed by atoms with van der Waals surface area (Å²) in [4.78, 5) is 28.3. The first-order valence-corrected chi connectivity index (χ1v) is 11.3. The highest BCUT2D eigenvalue weighted by molar-refractivity contribution is 7.12. The van der Waals surface area contributed by atoms with E-state index in [1.54, 1.807) is 18.4 Å². The zero-order valence-corrected chi connectivity index (χ0v) is 18.9. The summed E-state index contributed by atoms with van der Waals surface area (Å²) in [6.07, 6.45) is 0.575. The van der Waals surface area contributed by atoms with Gasteiger partial charge in [0.25, 0.3) is 5.91 Å². The summed E-state index contributed by atoms with van der Waals surface area (Å²) >= 11 is 1.58. The molecular formula is C22H26N4O5S. The first-order chi connectivity index (χ1) is 15.6. The van der Waals surface area contributed by atoms with Gasteiger partial charge < -0.3 is 24.4 Å². The Morgan fingerprint density at radius 3 is 2.91 bits per heavy atom. The molecule has 32 heavy (non-hydrogen) atoms. The molecule has 3 heterocycles. The number of carbonyl (C=O) groups is 2. The molecule has 0 bridgehead atoms. The number of ether oxygens (including phenoxy) is 3. The number of hydrogen-bond acceptors (Lipinski definition) is 7. The Labute approximate surface area is 190 Å². The molecule has 170 valence electrons. The van der Waals surface area contributed by atoms with Crippen molar-refractivity contribution in [1.82, 2.24) is 15.2 Å². The third-order valence-electron chi connectivity index (χ3n) is 5.26. The molecular weight excluding hydrogens is 432 g/mol. The molecule has 1 N–H and O–H groups in total. The predicted molar refractivity (Wildman–Crippen MR) is 120 cm³/mol. The Bertz CT molecular complexity index is 994. The summed E-state index contributed by atoms with van der Waals surface area (Å²) in [5.41, 5.74) is 1.75. The molecule has 0 aliphatic carbocycles. The van der Waals surface area contributed by atoms with Crippen molar-refractivity contribution < 1.29 is 23.8 Å². The molecule has 0 unspecified atom stereocenters. The molecule has 0 radical (unpaired) electrons. The van der Waals surface area contributed by atoms with Gasteiger partial charge in [-0.05, 0) is 36.1 Å². The van der Waals surface area contributed by atoms with E-state index in [0.717, 1.165) is 16.2 Å². The molecule has 1 aromatic carbocycles. The van der Waals surface area contributed by atoms with Gasteiger partial charge in [-0.2, -0.15) is 5.10 Å². The van der Waals surface area contributed by atoms with Crippen LogP contribution < -0.4 is 14.8 Å². The van der Waals surface area contributed by atoms with E-state index < -0.39 is 0 Å². The van der Waals surface area contributed by atoms with Gasteiger partial charge in [0.15, 0.2) is 11.5 Å². The van der Waals surface area contributed by atoms with Gasteiger partial charge in [0.1, 0.15) is 6.54 Å². The quantitative estimate of drug-likeness (QED) is 0.657. The molecule has 2 aliphatic heterocycles. The van der Waals surface area contributed by atoms with Gasteiger partial charge in [0.2, 0.25) is 6.79 Å². The number of carbonyl (C=O) groups excluding carboxylic acids is 2. The average Bonchev–Trinajstić information content (AvgIpc) is 3.55. The minimum Gasteiger partial charge on any atom is -0.454 e. The van der Waals surface area contributed by atoms with Crippen molar-refractivity contribution in [1.29, 1.82) is 0 Å². The lowest BCUT2D eigenvalue weighted by atomic mass is 10.0. The first kappa shape index (κ1) is 22.1. The highest BCUT2D eigenvalue weighted by atomic mass is 32.1. The van der Waals surface area contributed by atoms with Gasteiger partial charge in [0, 0.05) is 26.6 Å². The van der Waals surface area contributed by atoms with Crippen LogP contribution in [0.3, 0.4) is 0 Å². The number of methoxy groups -OCH3 is 1. The lowest BCUT2D eigenvalue weighted by Crippen LogP contribution is -2.47. The molecule has 2 aromatic rings. The zero-order chi connectivity index (χ0) is 22.5. The molecule has 10 heteroatoms. The van der Waals surface area contributed by atoms with Gasteiger partial charge in [-0.15, -0.1) is 11.3 Å². The van der Waals surface area contributed by atoms with Crippen molar-refractivity contribution in [3.63, 3.8) is 0 Å². The average molecular weight is 459 g/mol. The van der Waals surface area contributed by atoms with Gasteiger partial charge in [-0.25, -0.2) is 9.80 Å². The Morgan fingerprint density at radius 1 is 1.31 bits per heavy atom. The van der Waals surface area contributed by atoms with E-state index in [0.29, 0.717) is 37.6 Å². The molecule has 1 atom stereocenters. The lowest BCUT2D eigenvalue weighted by molar-refractivity contribution is -0.133. The van der Waals surface area contributed by atoms with Gasteiger partial charge in [0.05, 0.1) is 23.2 Å². The summed E-state index contributed by atoms with van der Waals surface area (Å²) in [5, 5.41) is 10.9. The number of amides is 3. The van der Waals surface area contributed by atoms with Crippen molar-refractivity contribution in [2.24, 2.45) is 5.10 Å². The Balaban J connectivity index is 1.59. The SMILES string of the molecule is CCNC(=O)N(CCOC)CC(=O)N1N=C(c2cccs2)C[C@@H]1c1ccc2c(c1)OCO2. The molecule has 0 saturated heterocycles. The second-order valence-corrected chi connectivity index (χ2v) is 8.29. The minimum absolute atomic E-state index is 0.0997. The van der Waals surface area contributed by atoms with Crippen LogP contribution in [0.4, 0.5) is 4.79 Å². The second-order valence-electron chi connectivity index (χ2n) is 7.34. The fourth-order valence-electron chi connectivity index (χ4n) is 3.66. The van der Waals surface area contributed by atoms with E-state index in [1.165, 1.54) is 9.91 Å². The fraction of sp³-hybridized carbons (Fsp3) is 0.409. The lowest BCUT2D eigenvalue weighted by Gasteiger charge is -2.27. The number of hydrogen-bond donors (Lipinski definition) is 1. The van der Waals surface area contributed by atoms with Crippen molar-refractivity contribution in [3.8, 4) is 11.5 Å². The van der Waals surface area contributed by atoms with Gasteiger partial charge >= 0.3 is 6.03 Å². The van der Waals surface area contributed by atoms with Crippen molar-refractivity contribution in [3.05, 3.63) is 46.2 Å². The Kier molecular flexibility index (Phi) is 6.91. The van der Waals surface area contributed by atoms with Crippen LogP contribution in [0.5, 0.6) is 11.5 Å². The normalized spacial score (nSPS) is 16.8. The topological polar surface area (TPSA) is 92.7 Å². The third-order valence-corrected chi connectivity index (χ3v) is 6.18. The highest BCUT2D eigenvalue weighted by Gasteiger charge is 2.35. The largest absolute Gasteiger partial charge is 0.454 e. The highest BCUT2D eigenvalue weighted by Crippen LogP contribution is 2.39. The molecule has 2 aliphatic rings. The van der Waals surface area contributed by atoms with Crippen LogP contribution in [0.25, 0.3) is 0 Å². The third kappa shape index (κ3) is 4.71. The van der Waals surface area contributed by atoms with E-state index in [2.05, 4.69) is 10.4 Å². The maximum absolute atomic E-state index is 13.4. The van der Waals surface area contributed by atoms with Crippen LogP contribution >= 0.6 is 11.3 Å². The number of urea groups is 1. The van der Waals surface area contributed by atoms with Crippen molar-refractivity contribution >= 4 is 29.0 Å². The first-order valence-electron chi connectivity index (χ1n) is 10.5. The number of fused-ring (bicyclic) bond motifs is 1. The Hall–Kier alpha value is -3.11. The smallest absolute Gasteiger partial charge is 0.317 e. The van der Waals surface area contributed by atoms with Crippen LogP contribution in [0.15, 0.2) is 40.8 Å². The number of hydrazone groups is 1. The molecule has 1 aromatic heterocycles. The standard InChI is InChI=1S/C22H26N4O5S/c1-3-23-22(28)25(8-9-29-2)13-21(27)26-17(12-16(24-26)20-5-4-10-32-20)15-6-7-18-19(11-15)31-14-30-18/h4-7,10-11,17H,3,8-9,12-14H2,1-2H3,(H,23,28)/t17-/m1/s1. The molecule has 0 saturated carbocycles. The number of nitrogens with one attached hydrogen (secondary N) is 1. The second kappa shape index (κ2) is 10.0. The van der Waals surface area contributed by atoms with E-state index in [-0.39, 0.29) is 31.3 Å². The number of rotatable bonds is 8. The van der Waals surface area contributed by atoms with E-state index in [9.17, 15) is 9.59 Å². The van der Waals surface area contributed by atoms with Gasteiger partial charge in [-0.1, -0.05) is 12.1 Å². The number of thiophene rings is 1. The van der Waals surface area contributed by atoms with Crippen LogP contribution in [0.2, 0.25) is 0 Å². The number of nitrogens with zero attached hydrogens (tertiary/aromatic N) is 3. The Morgan fingerprint density at radius 2 is 2.16 bits per heavy atom. The molecule has 0 fully saturated rings. The monoisotopic (exact) mass is 458 g/mol. The zero-order valence-electron chi connectivity index (χ0n) is 18.1. The molecule has 3 amide bonds. The fourth-order valence-corrected chi connectivity index (χ4v) is 4.39. The van der Waals surface area contributed by atoms with Crippen LogP contribution in [-0.4, -0.2) is 67.7 Å². The van der Waals surface area contributed by atoms with Crippen molar-refractivity contribution in [2.75, 3.05) is 40.1 Å². The maximum Gasteiger partial charge on any atom is 0.317 e. The summed E-state index contributed by atoms with van der Waals surface area (Å²) < 4.78 is 16.1. The summed E-state index contributed by atoms with van der Waals surface area (Å²) in [5.74, 6) is 1.08.